The van der Waals surface area contributed by atoms with E-state index in [1.165, 1.54) is 0 Å². The number of nitrogens with two attached hydrogens (primary N) is 1. The molecule has 1 rings (SSSR count). The minimum atomic E-state index is -1.07. The Morgan fingerprint density at radius 3 is 1.89 bits per heavy atom. The molecule has 3 atom stereocenters. The third-order valence-electron chi connectivity index (χ3n) is 3.95. The lowest BCUT2D eigenvalue weighted by Gasteiger charge is -2.33. The van der Waals surface area contributed by atoms with Gasteiger partial charge in [-0.1, -0.05) is 13.8 Å². The second kappa shape index (κ2) is 4.53. The van der Waals surface area contributed by atoms with Gasteiger partial charge in [0.1, 0.15) is 17.2 Å². The molecule has 2 N–H and O–H groups in total. The van der Waals surface area contributed by atoms with E-state index in [4.69, 9.17) is 15.2 Å². The number of ether oxygens (including phenoxy) is 2. The van der Waals surface area contributed by atoms with Crippen LogP contribution in [0, 0.1) is 11.8 Å². The molecule has 5 heteroatoms. The van der Waals surface area contributed by atoms with E-state index in [9.17, 15) is 9.59 Å². The van der Waals surface area contributed by atoms with Crippen LogP contribution in [0.25, 0.3) is 0 Å². The first-order valence-corrected chi connectivity index (χ1v) is 6.20. The maximum atomic E-state index is 12.0. The molecule has 0 aromatic heterocycles. The van der Waals surface area contributed by atoms with Crippen molar-refractivity contribution in [2.45, 2.75) is 58.8 Å². The van der Waals surface area contributed by atoms with Crippen molar-refractivity contribution in [2.75, 3.05) is 0 Å². The average molecular weight is 257 g/mol. The summed E-state index contributed by atoms with van der Waals surface area (Å²) >= 11 is 0. The van der Waals surface area contributed by atoms with Crippen LogP contribution in [-0.4, -0.2) is 29.2 Å². The van der Waals surface area contributed by atoms with E-state index in [1.54, 1.807) is 34.6 Å². The average Bonchev–Trinajstić information content (AvgIpc) is 2.24. The monoisotopic (exact) mass is 257 g/mol. The highest BCUT2D eigenvalue weighted by Crippen LogP contribution is 2.32. The van der Waals surface area contributed by atoms with Crippen molar-refractivity contribution in [3.63, 3.8) is 0 Å². The van der Waals surface area contributed by atoms with Gasteiger partial charge < -0.3 is 15.2 Å². The maximum Gasteiger partial charge on any atom is 0.327 e. The van der Waals surface area contributed by atoms with Gasteiger partial charge in [-0.15, -0.1) is 0 Å². The van der Waals surface area contributed by atoms with Gasteiger partial charge in [0.05, 0.1) is 5.92 Å². The molecule has 3 unspecified atom stereocenters. The quantitative estimate of drug-likeness (QED) is 0.661. The number of esters is 2. The summed E-state index contributed by atoms with van der Waals surface area (Å²) in [6, 6.07) is -0.988. The van der Waals surface area contributed by atoms with Crippen LogP contribution in [0.2, 0.25) is 0 Å². The molecule has 0 aliphatic carbocycles. The number of carbonyl (C=O) groups excluding carboxylic acids is 2. The molecule has 0 bridgehead atoms. The van der Waals surface area contributed by atoms with Crippen molar-refractivity contribution >= 4 is 11.9 Å². The van der Waals surface area contributed by atoms with Crippen LogP contribution < -0.4 is 5.73 Å². The Kier molecular flexibility index (Phi) is 3.77. The second-order valence-electron chi connectivity index (χ2n) is 6.10. The Hall–Kier alpha value is -1.10. The minimum Gasteiger partial charge on any atom is -0.458 e. The summed E-state index contributed by atoms with van der Waals surface area (Å²) in [6.45, 7) is 10.4. The summed E-state index contributed by atoms with van der Waals surface area (Å²) in [5.74, 6) is -1.42. The van der Waals surface area contributed by atoms with E-state index in [2.05, 4.69) is 0 Å². The first-order chi connectivity index (χ1) is 7.99. The molecule has 0 aromatic carbocycles. The Bertz CT molecular complexity index is 362. The van der Waals surface area contributed by atoms with Crippen molar-refractivity contribution in [1.29, 1.82) is 0 Å². The summed E-state index contributed by atoms with van der Waals surface area (Å²) < 4.78 is 10.8. The Labute approximate surface area is 108 Å². The molecular weight excluding hydrogens is 234 g/mol. The lowest BCUT2D eigenvalue weighted by atomic mass is 9.82. The first-order valence-electron chi connectivity index (χ1n) is 6.20. The van der Waals surface area contributed by atoms with Crippen LogP contribution in [0.1, 0.15) is 41.5 Å². The summed E-state index contributed by atoms with van der Waals surface area (Å²) in [4.78, 5) is 24.0. The zero-order valence-electron chi connectivity index (χ0n) is 11.9. The van der Waals surface area contributed by atoms with Crippen LogP contribution >= 0.6 is 0 Å². The van der Waals surface area contributed by atoms with Crippen LogP contribution in [0.3, 0.4) is 0 Å². The lowest BCUT2D eigenvalue weighted by molar-refractivity contribution is -0.168. The standard InChI is InChI=1S/C13H23NO4/c1-7-8(2)12(3,4)18-11(16)9(14)13(5,6)17-10(7)15/h7-9H,14H2,1-6H3. The van der Waals surface area contributed by atoms with Crippen molar-refractivity contribution in [1.82, 2.24) is 0 Å². The van der Waals surface area contributed by atoms with E-state index in [0.29, 0.717) is 0 Å². The fraction of sp³-hybridized carbons (Fsp3) is 0.846. The topological polar surface area (TPSA) is 78.6 Å². The molecule has 1 heterocycles. The number of hydrogen-bond donors (Lipinski definition) is 1. The third kappa shape index (κ3) is 2.66. The van der Waals surface area contributed by atoms with Gasteiger partial charge in [0.25, 0.3) is 0 Å². The molecule has 0 radical (unpaired) electrons. The van der Waals surface area contributed by atoms with E-state index < -0.39 is 23.2 Å². The largest absolute Gasteiger partial charge is 0.458 e. The molecule has 104 valence electrons. The highest BCUT2D eigenvalue weighted by atomic mass is 16.6. The van der Waals surface area contributed by atoms with Gasteiger partial charge in [0, 0.05) is 5.92 Å². The summed E-state index contributed by atoms with van der Waals surface area (Å²) in [6.07, 6.45) is 0. The van der Waals surface area contributed by atoms with E-state index >= 15 is 0 Å². The third-order valence-corrected chi connectivity index (χ3v) is 3.95. The zero-order chi connectivity index (χ0) is 14.3. The molecule has 1 aliphatic rings. The van der Waals surface area contributed by atoms with Gasteiger partial charge in [-0.25, -0.2) is 0 Å². The minimum absolute atomic E-state index is 0.157. The normalized spacial score (nSPS) is 35.8. The molecule has 0 saturated carbocycles. The van der Waals surface area contributed by atoms with Gasteiger partial charge >= 0.3 is 11.9 Å². The molecule has 0 aromatic rings. The predicted molar refractivity (Wildman–Crippen MR) is 66.6 cm³/mol. The Morgan fingerprint density at radius 1 is 0.944 bits per heavy atom. The fourth-order valence-electron chi connectivity index (χ4n) is 1.92. The van der Waals surface area contributed by atoms with Crippen LogP contribution in [0.15, 0.2) is 0 Å². The van der Waals surface area contributed by atoms with Gasteiger partial charge in [-0.05, 0) is 27.7 Å². The molecular formula is C13H23NO4. The van der Waals surface area contributed by atoms with Crippen LogP contribution in [0.4, 0.5) is 0 Å². The van der Waals surface area contributed by atoms with E-state index in [0.717, 1.165) is 0 Å². The number of cyclic esters (lactones) is 2. The van der Waals surface area contributed by atoms with Crippen molar-refractivity contribution in [3.05, 3.63) is 0 Å². The maximum absolute atomic E-state index is 12.0. The smallest absolute Gasteiger partial charge is 0.327 e. The molecule has 1 fully saturated rings. The summed E-state index contributed by atoms with van der Waals surface area (Å²) in [5, 5.41) is 0. The van der Waals surface area contributed by atoms with Crippen LogP contribution in [0.5, 0.6) is 0 Å². The van der Waals surface area contributed by atoms with E-state index in [-0.39, 0.29) is 17.8 Å². The summed E-state index contributed by atoms with van der Waals surface area (Å²) in [5.41, 5.74) is 3.99. The molecule has 1 saturated heterocycles. The van der Waals surface area contributed by atoms with Crippen molar-refractivity contribution in [3.8, 4) is 0 Å². The Balaban J connectivity index is 3.18. The number of rotatable bonds is 0. The van der Waals surface area contributed by atoms with Gasteiger partial charge in [-0.2, -0.15) is 0 Å². The van der Waals surface area contributed by atoms with Crippen molar-refractivity contribution < 1.29 is 19.1 Å². The van der Waals surface area contributed by atoms with Gasteiger partial charge in [0.2, 0.25) is 0 Å². The molecule has 0 spiro atoms. The van der Waals surface area contributed by atoms with Crippen molar-refractivity contribution in [2.24, 2.45) is 17.6 Å². The SMILES string of the molecule is CC1C(=O)OC(C)(C)C(N)C(=O)OC(C)(C)C1C. The number of hydrogen-bond acceptors (Lipinski definition) is 5. The second-order valence-corrected chi connectivity index (χ2v) is 6.10. The lowest BCUT2D eigenvalue weighted by Crippen LogP contribution is -2.53. The predicted octanol–water partition coefficient (Wildman–Crippen LogP) is 1.24. The molecule has 18 heavy (non-hydrogen) atoms. The summed E-state index contributed by atoms with van der Waals surface area (Å²) in [7, 11) is 0. The van der Waals surface area contributed by atoms with E-state index in [1.807, 2.05) is 6.92 Å². The molecule has 1 aliphatic heterocycles. The zero-order valence-corrected chi connectivity index (χ0v) is 11.9. The number of carbonyl (C=O) groups is 2. The fourth-order valence-corrected chi connectivity index (χ4v) is 1.92. The van der Waals surface area contributed by atoms with Gasteiger partial charge in [-0.3, -0.25) is 9.59 Å². The van der Waals surface area contributed by atoms with Crippen LogP contribution in [-0.2, 0) is 19.1 Å². The van der Waals surface area contributed by atoms with Gasteiger partial charge in [0.15, 0.2) is 0 Å². The molecule has 0 amide bonds. The highest BCUT2D eigenvalue weighted by Gasteiger charge is 2.46. The first kappa shape index (κ1) is 15.0. The highest BCUT2D eigenvalue weighted by molar-refractivity contribution is 5.80. The molecule has 5 nitrogen and oxygen atoms in total. The Morgan fingerprint density at radius 2 is 1.39 bits per heavy atom.